The molecule has 2 heterocycles. The molecule has 0 radical (unpaired) electrons. The van der Waals surface area contributed by atoms with Gasteiger partial charge in [0.1, 0.15) is 23.5 Å². The zero-order chi connectivity index (χ0) is 19.2. The molecule has 1 aromatic carbocycles. The van der Waals surface area contributed by atoms with Gasteiger partial charge in [-0.15, -0.1) is 0 Å². The predicted octanol–water partition coefficient (Wildman–Crippen LogP) is 1.64. The smallest absolute Gasteiger partial charge is 0.315 e. The number of carboxylic acids is 1. The van der Waals surface area contributed by atoms with Crippen LogP contribution in [0, 0.1) is 11.3 Å². The number of rotatable bonds is 3. The van der Waals surface area contributed by atoms with Gasteiger partial charge in [0.05, 0.1) is 13.2 Å². The number of carboxylic acid groups (broad SMARTS) is 1. The number of likely N-dealkylation sites (tertiary alicyclic amines) is 1. The maximum atomic E-state index is 13.0. The minimum atomic E-state index is -1.12. The van der Waals surface area contributed by atoms with E-state index in [0.29, 0.717) is 43.7 Å². The molecule has 4 rings (SSSR count). The van der Waals surface area contributed by atoms with Crippen LogP contribution in [0.15, 0.2) is 18.2 Å². The zero-order valence-electron chi connectivity index (χ0n) is 15.4. The first-order valence-corrected chi connectivity index (χ1v) is 9.45. The minimum Gasteiger partial charge on any atom is -0.497 e. The zero-order valence-corrected chi connectivity index (χ0v) is 15.4. The van der Waals surface area contributed by atoms with E-state index in [1.807, 2.05) is 6.07 Å². The molecule has 0 aromatic heterocycles. The lowest BCUT2D eigenvalue weighted by Gasteiger charge is -2.35. The third-order valence-corrected chi connectivity index (χ3v) is 6.41. The summed E-state index contributed by atoms with van der Waals surface area (Å²) in [5.74, 6) is -0.0663. The third-order valence-electron chi connectivity index (χ3n) is 6.41. The monoisotopic (exact) mass is 375 g/mol. The molecule has 2 fully saturated rings. The molecule has 0 unspecified atom stereocenters. The summed E-state index contributed by atoms with van der Waals surface area (Å²) >= 11 is 0. The van der Waals surface area contributed by atoms with Crippen molar-refractivity contribution in [2.24, 2.45) is 11.3 Å². The Balaban J connectivity index is 1.61. The molecular weight excluding hydrogens is 350 g/mol. The van der Waals surface area contributed by atoms with Crippen molar-refractivity contribution >= 4 is 11.9 Å². The molecule has 2 N–H and O–H groups in total. The van der Waals surface area contributed by atoms with Crippen molar-refractivity contribution in [2.45, 2.75) is 37.7 Å². The highest BCUT2D eigenvalue weighted by Crippen LogP contribution is 2.51. The van der Waals surface area contributed by atoms with Crippen LogP contribution in [0.4, 0.5) is 0 Å². The molecule has 3 aliphatic rings. The number of amides is 1. The van der Waals surface area contributed by atoms with Crippen LogP contribution >= 0.6 is 0 Å². The molecule has 0 spiro atoms. The van der Waals surface area contributed by atoms with Crippen LogP contribution in [-0.2, 0) is 9.59 Å². The van der Waals surface area contributed by atoms with Crippen molar-refractivity contribution in [1.29, 1.82) is 0 Å². The molecule has 0 bridgehead atoms. The Morgan fingerprint density at radius 1 is 1.26 bits per heavy atom. The van der Waals surface area contributed by atoms with Gasteiger partial charge in [-0.3, -0.25) is 9.59 Å². The predicted molar refractivity (Wildman–Crippen MR) is 95.8 cm³/mol. The number of carbonyl (C=O) groups is 2. The Morgan fingerprint density at radius 3 is 2.67 bits per heavy atom. The molecule has 27 heavy (non-hydrogen) atoms. The van der Waals surface area contributed by atoms with Crippen molar-refractivity contribution in [3.8, 4) is 11.5 Å². The number of nitrogens with zero attached hydrogens (tertiary/aromatic N) is 1. The number of hydrogen-bond donors (Lipinski definition) is 2. The third kappa shape index (κ3) is 2.94. The van der Waals surface area contributed by atoms with Crippen LogP contribution in [0.1, 0.15) is 37.2 Å². The summed E-state index contributed by atoms with van der Waals surface area (Å²) in [5, 5.41) is 19.7. The molecule has 1 aliphatic carbocycles. The molecule has 7 heteroatoms. The largest absolute Gasteiger partial charge is 0.497 e. The Bertz CT molecular complexity index is 757. The van der Waals surface area contributed by atoms with Gasteiger partial charge < -0.3 is 24.6 Å². The van der Waals surface area contributed by atoms with E-state index in [1.165, 1.54) is 0 Å². The van der Waals surface area contributed by atoms with Gasteiger partial charge in [0.25, 0.3) is 0 Å². The number of aliphatic hydroxyl groups excluding tert-OH is 1. The Labute approximate surface area is 157 Å². The lowest BCUT2D eigenvalue weighted by molar-refractivity contribution is -0.152. The second-order valence-corrected chi connectivity index (χ2v) is 7.93. The fraction of sp³-hybridized carbons (Fsp3) is 0.600. The maximum absolute atomic E-state index is 13.0. The Kier molecular flexibility index (Phi) is 4.50. The number of benzene rings is 1. The molecule has 7 nitrogen and oxygen atoms in total. The molecule has 2 aliphatic heterocycles. The summed E-state index contributed by atoms with van der Waals surface area (Å²) in [6, 6.07) is 5.42. The molecule has 1 saturated heterocycles. The summed E-state index contributed by atoms with van der Waals surface area (Å²) in [4.78, 5) is 26.9. The first-order valence-electron chi connectivity index (χ1n) is 9.45. The van der Waals surface area contributed by atoms with Crippen LogP contribution in [0.3, 0.4) is 0 Å². The topological polar surface area (TPSA) is 96.3 Å². The number of fused-ring (bicyclic) bond motifs is 3. The van der Waals surface area contributed by atoms with E-state index >= 15 is 0 Å². The molecule has 2 atom stereocenters. The van der Waals surface area contributed by atoms with Crippen molar-refractivity contribution in [3.05, 3.63) is 23.8 Å². The SMILES string of the molecule is COc1ccc2c(c1)OC[C@]1(C(=O)O)CN(C(=O)C3CCC(O)CC3)C[C@H]21. The lowest BCUT2D eigenvalue weighted by Crippen LogP contribution is -2.46. The summed E-state index contributed by atoms with van der Waals surface area (Å²) in [6.45, 7) is 0.587. The number of hydrogen-bond acceptors (Lipinski definition) is 5. The van der Waals surface area contributed by atoms with E-state index in [4.69, 9.17) is 9.47 Å². The van der Waals surface area contributed by atoms with Crippen LogP contribution in [0.2, 0.25) is 0 Å². The molecule has 1 saturated carbocycles. The molecule has 1 amide bonds. The van der Waals surface area contributed by atoms with Gasteiger partial charge in [-0.2, -0.15) is 0 Å². The molecule has 146 valence electrons. The fourth-order valence-electron chi connectivity index (χ4n) is 4.74. The average molecular weight is 375 g/mol. The van der Waals surface area contributed by atoms with Gasteiger partial charge in [-0.1, -0.05) is 6.07 Å². The van der Waals surface area contributed by atoms with Crippen molar-refractivity contribution in [2.75, 3.05) is 26.8 Å². The number of aliphatic hydroxyl groups is 1. The van der Waals surface area contributed by atoms with E-state index in [9.17, 15) is 19.8 Å². The first kappa shape index (κ1) is 18.1. The highest BCUT2D eigenvalue weighted by molar-refractivity contribution is 5.84. The van der Waals surface area contributed by atoms with E-state index in [0.717, 1.165) is 5.56 Å². The van der Waals surface area contributed by atoms with Crippen LogP contribution in [-0.4, -0.2) is 59.9 Å². The number of carbonyl (C=O) groups excluding carboxylic acids is 1. The quantitative estimate of drug-likeness (QED) is 0.834. The maximum Gasteiger partial charge on any atom is 0.315 e. The number of aliphatic carboxylic acids is 1. The van der Waals surface area contributed by atoms with Crippen molar-refractivity contribution < 1.29 is 29.3 Å². The van der Waals surface area contributed by atoms with Crippen LogP contribution < -0.4 is 9.47 Å². The van der Waals surface area contributed by atoms with E-state index in [1.54, 1.807) is 24.1 Å². The lowest BCUT2D eigenvalue weighted by atomic mass is 9.73. The highest BCUT2D eigenvalue weighted by atomic mass is 16.5. The van der Waals surface area contributed by atoms with Gasteiger partial charge in [0, 0.05) is 36.6 Å². The number of ether oxygens (including phenoxy) is 2. The second-order valence-electron chi connectivity index (χ2n) is 7.93. The summed E-state index contributed by atoms with van der Waals surface area (Å²) in [7, 11) is 1.57. The van der Waals surface area contributed by atoms with Crippen LogP contribution in [0.5, 0.6) is 11.5 Å². The van der Waals surface area contributed by atoms with Crippen LogP contribution in [0.25, 0.3) is 0 Å². The number of methoxy groups -OCH3 is 1. The van der Waals surface area contributed by atoms with Gasteiger partial charge in [-0.25, -0.2) is 0 Å². The van der Waals surface area contributed by atoms with Crippen molar-refractivity contribution in [1.82, 2.24) is 4.90 Å². The summed E-state index contributed by atoms with van der Waals surface area (Å²) < 4.78 is 11.0. The van der Waals surface area contributed by atoms with E-state index in [2.05, 4.69) is 0 Å². The fourth-order valence-corrected chi connectivity index (χ4v) is 4.74. The normalized spacial score (nSPS) is 32.2. The van der Waals surface area contributed by atoms with Gasteiger partial charge in [0.15, 0.2) is 0 Å². The van der Waals surface area contributed by atoms with E-state index < -0.39 is 11.4 Å². The summed E-state index contributed by atoms with van der Waals surface area (Å²) in [6.07, 6.45) is 2.25. The second kappa shape index (κ2) is 6.71. The van der Waals surface area contributed by atoms with E-state index in [-0.39, 0.29) is 37.0 Å². The molecular formula is C20H25NO6. The first-order chi connectivity index (χ1) is 12.9. The Hall–Kier alpha value is -2.28. The minimum absolute atomic E-state index is 0.00647. The average Bonchev–Trinajstić information content (AvgIpc) is 3.09. The molecule has 1 aromatic rings. The van der Waals surface area contributed by atoms with Gasteiger partial charge in [0.2, 0.25) is 5.91 Å². The van der Waals surface area contributed by atoms with Crippen molar-refractivity contribution in [3.63, 3.8) is 0 Å². The van der Waals surface area contributed by atoms with Gasteiger partial charge in [-0.05, 0) is 31.7 Å². The Morgan fingerprint density at radius 2 is 2.00 bits per heavy atom. The summed E-state index contributed by atoms with van der Waals surface area (Å²) in [5.41, 5.74) is -0.301. The standard InChI is InChI=1S/C20H25NO6/c1-26-14-6-7-15-16-9-21(18(23)12-2-4-13(22)5-3-12)10-20(16,19(24)25)11-27-17(15)8-14/h6-8,12-13,16,22H,2-5,9-11H2,1H3,(H,24,25)/t12?,13?,16-,20-/m1/s1. The highest BCUT2D eigenvalue weighted by Gasteiger charge is 2.58. The van der Waals surface area contributed by atoms with Gasteiger partial charge >= 0.3 is 5.97 Å².